The number of hydrogen-bond donors (Lipinski definition) is 0. The summed E-state index contributed by atoms with van der Waals surface area (Å²) in [6.45, 7) is 2.38. The Balaban J connectivity index is 2.04. The predicted octanol–water partition coefficient (Wildman–Crippen LogP) is 4.69. The Morgan fingerprint density at radius 2 is 1.76 bits per heavy atom. The van der Waals surface area contributed by atoms with Crippen molar-refractivity contribution in [3.8, 4) is 11.4 Å². The molecular formula is C21H19F2N3O2S. The lowest BCUT2D eigenvalue weighted by Gasteiger charge is -2.11. The van der Waals surface area contributed by atoms with Gasteiger partial charge in [-0.2, -0.15) is 0 Å². The van der Waals surface area contributed by atoms with E-state index in [1.807, 2.05) is 24.3 Å². The number of fused-ring (bicyclic) bond motifs is 2. The molecule has 5 nitrogen and oxygen atoms in total. The molecule has 2 aromatic carbocycles. The van der Waals surface area contributed by atoms with Gasteiger partial charge in [-0.15, -0.1) is 0 Å². The number of hydrogen-bond acceptors (Lipinski definition) is 4. The summed E-state index contributed by atoms with van der Waals surface area (Å²) < 4.78 is 54.6. The monoisotopic (exact) mass is 415 g/mol. The highest BCUT2D eigenvalue weighted by Crippen LogP contribution is 2.34. The van der Waals surface area contributed by atoms with Gasteiger partial charge in [0.2, 0.25) is 0 Å². The third-order valence-corrected chi connectivity index (χ3v) is 6.79. The standard InChI is InChI=1S/C21H19F2N3O2S/c1-4-29(27,28)18-10-14-8-6-5-7-13(14)9-16(18)19-25-17-11-15(21(2,22)23)12-24-20(17)26(19)3/h5-12H,4H2,1-3H3. The van der Waals surface area contributed by atoms with Crippen molar-refractivity contribution in [2.75, 3.05) is 5.75 Å². The molecule has 0 saturated heterocycles. The fourth-order valence-corrected chi connectivity index (χ4v) is 4.47. The van der Waals surface area contributed by atoms with Crippen molar-refractivity contribution in [2.45, 2.75) is 24.7 Å². The number of nitrogens with zero attached hydrogens (tertiary/aromatic N) is 3. The first kappa shape index (κ1) is 19.4. The van der Waals surface area contributed by atoms with Gasteiger partial charge in [0.05, 0.1) is 10.6 Å². The molecule has 0 amide bonds. The Morgan fingerprint density at radius 3 is 2.38 bits per heavy atom. The van der Waals surface area contributed by atoms with E-state index in [2.05, 4.69) is 9.97 Å². The average Bonchev–Trinajstić information content (AvgIpc) is 3.02. The molecule has 0 bridgehead atoms. The minimum absolute atomic E-state index is 0.0628. The van der Waals surface area contributed by atoms with E-state index in [4.69, 9.17) is 0 Å². The van der Waals surface area contributed by atoms with E-state index in [-0.39, 0.29) is 21.7 Å². The number of pyridine rings is 1. The van der Waals surface area contributed by atoms with Crippen molar-refractivity contribution in [2.24, 2.45) is 7.05 Å². The molecule has 0 aliphatic rings. The summed E-state index contributed by atoms with van der Waals surface area (Å²) in [4.78, 5) is 8.78. The molecule has 0 radical (unpaired) electrons. The Morgan fingerprint density at radius 1 is 1.10 bits per heavy atom. The van der Waals surface area contributed by atoms with Crippen LogP contribution in [0.25, 0.3) is 33.3 Å². The first-order valence-electron chi connectivity index (χ1n) is 9.08. The van der Waals surface area contributed by atoms with Gasteiger partial charge in [-0.25, -0.2) is 27.2 Å². The summed E-state index contributed by atoms with van der Waals surface area (Å²) >= 11 is 0. The van der Waals surface area contributed by atoms with Gasteiger partial charge in [-0.05, 0) is 29.0 Å². The van der Waals surface area contributed by atoms with Crippen LogP contribution >= 0.6 is 0 Å². The van der Waals surface area contributed by atoms with Crippen LogP contribution in [0.2, 0.25) is 0 Å². The van der Waals surface area contributed by atoms with Crippen molar-refractivity contribution in [3.63, 3.8) is 0 Å². The molecule has 4 aromatic rings. The molecule has 0 atom stereocenters. The van der Waals surface area contributed by atoms with E-state index < -0.39 is 15.8 Å². The van der Waals surface area contributed by atoms with E-state index in [0.717, 1.165) is 23.9 Å². The number of imidazole rings is 1. The van der Waals surface area contributed by atoms with Gasteiger partial charge in [0.15, 0.2) is 15.5 Å². The molecule has 0 saturated carbocycles. The van der Waals surface area contributed by atoms with E-state index in [0.29, 0.717) is 17.0 Å². The van der Waals surface area contributed by atoms with Gasteiger partial charge in [0.25, 0.3) is 5.92 Å². The molecule has 150 valence electrons. The molecule has 0 unspecified atom stereocenters. The highest BCUT2D eigenvalue weighted by atomic mass is 32.2. The normalized spacial score (nSPS) is 12.7. The first-order chi connectivity index (χ1) is 13.6. The molecule has 29 heavy (non-hydrogen) atoms. The maximum absolute atomic E-state index is 13.7. The molecule has 0 fully saturated rings. The van der Waals surface area contributed by atoms with Crippen LogP contribution in [-0.2, 0) is 22.8 Å². The van der Waals surface area contributed by atoms with Gasteiger partial charge >= 0.3 is 0 Å². The zero-order chi connectivity index (χ0) is 21.0. The Labute approximate surface area is 166 Å². The number of alkyl halides is 2. The molecule has 0 N–H and O–H groups in total. The number of aryl methyl sites for hydroxylation is 1. The van der Waals surface area contributed by atoms with Crippen LogP contribution in [0.5, 0.6) is 0 Å². The molecule has 8 heteroatoms. The maximum atomic E-state index is 13.7. The second-order valence-electron chi connectivity index (χ2n) is 7.05. The van der Waals surface area contributed by atoms with E-state index >= 15 is 0 Å². The molecule has 0 aliphatic heterocycles. The molecule has 0 spiro atoms. The minimum atomic E-state index is -3.55. The number of aromatic nitrogens is 3. The van der Waals surface area contributed by atoms with Crippen LogP contribution < -0.4 is 0 Å². The van der Waals surface area contributed by atoms with Gasteiger partial charge in [0.1, 0.15) is 11.3 Å². The summed E-state index contributed by atoms with van der Waals surface area (Å²) in [6.07, 6.45) is 1.12. The summed E-state index contributed by atoms with van der Waals surface area (Å²) in [5.74, 6) is -2.74. The van der Waals surface area contributed by atoms with Gasteiger partial charge in [-0.3, -0.25) is 0 Å². The number of benzene rings is 2. The second kappa shape index (κ2) is 6.59. The Kier molecular flexibility index (Phi) is 4.42. The van der Waals surface area contributed by atoms with Crippen molar-refractivity contribution in [1.82, 2.24) is 14.5 Å². The Hall–Kier alpha value is -2.87. The zero-order valence-corrected chi connectivity index (χ0v) is 17.0. The van der Waals surface area contributed by atoms with E-state index in [9.17, 15) is 17.2 Å². The third kappa shape index (κ3) is 3.27. The summed E-state index contributed by atoms with van der Waals surface area (Å²) in [5.41, 5.74) is 0.876. The maximum Gasteiger partial charge on any atom is 0.272 e. The lowest BCUT2D eigenvalue weighted by molar-refractivity contribution is 0.0172. The molecule has 2 aromatic heterocycles. The van der Waals surface area contributed by atoms with Gasteiger partial charge < -0.3 is 4.57 Å². The van der Waals surface area contributed by atoms with Crippen LogP contribution in [-0.4, -0.2) is 28.7 Å². The van der Waals surface area contributed by atoms with Gasteiger partial charge in [-0.1, -0.05) is 31.2 Å². The highest BCUT2D eigenvalue weighted by Gasteiger charge is 2.27. The van der Waals surface area contributed by atoms with Crippen LogP contribution in [0.1, 0.15) is 19.4 Å². The largest absolute Gasteiger partial charge is 0.312 e. The van der Waals surface area contributed by atoms with E-state index in [1.165, 1.54) is 6.07 Å². The second-order valence-corrected chi connectivity index (χ2v) is 9.30. The minimum Gasteiger partial charge on any atom is -0.312 e. The predicted molar refractivity (Wildman–Crippen MR) is 109 cm³/mol. The lowest BCUT2D eigenvalue weighted by Crippen LogP contribution is -2.08. The molecule has 4 rings (SSSR count). The van der Waals surface area contributed by atoms with Crippen LogP contribution in [0.4, 0.5) is 8.78 Å². The molecule has 2 heterocycles. The van der Waals surface area contributed by atoms with Crippen molar-refractivity contribution < 1.29 is 17.2 Å². The first-order valence-corrected chi connectivity index (χ1v) is 10.7. The molecular weight excluding hydrogens is 396 g/mol. The lowest BCUT2D eigenvalue weighted by atomic mass is 10.1. The summed E-state index contributed by atoms with van der Waals surface area (Å²) in [5, 5.41) is 1.66. The fraction of sp³-hybridized carbons (Fsp3) is 0.238. The van der Waals surface area contributed by atoms with Crippen molar-refractivity contribution >= 4 is 31.8 Å². The van der Waals surface area contributed by atoms with Crippen molar-refractivity contribution in [1.29, 1.82) is 0 Å². The molecule has 0 aliphatic carbocycles. The van der Waals surface area contributed by atoms with Crippen LogP contribution in [0, 0.1) is 0 Å². The third-order valence-electron chi connectivity index (χ3n) is 5.02. The Bertz CT molecular complexity index is 1360. The summed E-state index contributed by atoms with van der Waals surface area (Å²) in [6, 6.07) is 12.1. The van der Waals surface area contributed by atoms with Crippen LogP contribution in [0.3, 0.4) is 0 Å². The van der Waals surface area contributed by atoms with Crippen molar-refractivity contribution in [3.05, 3.63) is 54.2 Å². The SMILES string of the molecule is CCS(=O)(=O)c1cc2ccccc2cc1-c1nc2cc(C(C)(F)F)cnc2n1C. The number of halogens is 2. The number of rotatable bonds is 4. The summed E-state index contributed by atoms with van der Waals surface area (Å²) in [7, 11) is -1.85. The average molecular weight is 415 g/mol. The quantitative estimate of drug-likeness (QED) is 0.485. The topological polar surface area (TPSA) is 64.8 Å². The smallest absolute Gasteiger partial charge is 0.272 e. The zero-order valence-electron chi connectivity index (χ0n) is 16.1. The fourth-order valence-electron chi connectivity index (χ4n) is 3.36. The number of sulfone groups is 1. The van der Waals surface area contributed by atoms with Crippen LogP contribution in [0.15, 0.2) is 53.6 Å². The highest BCUT2D eigenvalue weighted by molar-refractivity contribution is 7.91. The van der Waals surface area contributed by atoms with Gasteiger partial charge in [0, 0.05) is 31.3 Å². The van der Waals surface area contributed by atoms with E-state index in [1.54, 1.807) is 30.7 Å².